The van der Waals surface area contributed by atoms with Crippen LogP contribution in [0.15, 0.2) is 0 Å². The number of aryl methyl sites for hydroxylation is 3. The molecule has 0 radical (unpaired) electrons. The molecule has 0 spiro atoms. The number of alkyl halides is 1. The van der Waals surface area contributed by atoms with E-state index in [0.717, 1.165) is 59.3 Å². The van der Waals surface area contributed by atoms with Crippen molar-refractivity contribution in [1.29, 1.82) is 0 Å². The van der Waals surface area contributed by atoms with E-state index in [1.165, 1.54) is 101 Å². The molecule has 35 heavy (non-hydrogen) atoms. The highest BCUT2D eigenvalue weighted by molar-refractivity contribution is 6.18. The van der Waals surface area contributed by atoms with Gasteiger partial charge in [0.15, 0.2) is 0 Å². The van der Waals surface area contributed by atoms with Crippen LogP contribution >= 0.6 is 11.6 Å². The van der Waals surface area contributed by atoms with Gasteiger partial charge in [0.1, 0.15) is 5.82 Å². The highest BCUT2D eigenvalue weighted by Gasteiger charge is 2.33. The lowest BCUT2D eigenvalue weighted by Gasteiger charge is -2.30. The van der Waals surface area contributed by atoms with Gasteiger partial charge < -0.3 is 4.90 Å². The van der Waals surface area contributed by atoms with E-state index in [0.29, 0.717) is 0 Å². The molecule has 3 unspecified atom stereocenters. The van der Waals surface area contributed by atoms with E-state index in [1.54, 1.807) is 0 Å². The second-order valence-electron chi connectivity index (χ2n) is 12.1. The van der Waals surface area contributed by atoms with Crippen molar-refractivity contribution in [2.75, 3.05) is 19.0 Å². The van der Waals surface area contributed by atoms with Gasteiger partial charge in [0.25, 0.3) is 5.78 Å². The zero-order valence-electron chi connectivity index (χ0n) is 22.3. The Labute approximate surface area is 217 Å². The zero-order chi connectivity index (χ0) is 24.4. The Kier molecular flexibility index (Phi) is 8.33. The average Bonchev–Trinajstić information content (AvgIpc) is 3.36. The van der Waals surface area contributed by atoms with Gasteiger partial charge in [-0.05, 0) is 101 Å². The van der Waals surface area contributed by atoms with E-state index in [9.17, 15) is 0 Å². The molecule has 3 aliphatic rings. The summed E-state index contributed by atoms with van der Waals surface area (Å²) >= 11 is 6.17. The molecule has 5 rings (SSSR count). The number of likely N-dealkylation sites (tertiary alicyclic amines) is 1. The smallest absolute Gasteiger partial charge is 0.252 e. The first kappa shape index (κ1) is 25.4. The highest BCUT2D eigenvalue weighted by Crippen LogP contribution is 2.39. The van der Waals surface area contributed by atoms with Crippen molar-refractivity contribution in [2.45, 2.75) is 110 Å². The molecule has 6 heteroatoms. The summed E-state index contributed by atoms with van der Waals surface area (Å²) in [5, 5.41) is 4.58. The van der Waals surface area contributed by atoms with Crippen molar-refractivity contribution in [2.24, 2.45) is 23.7 Å². The maximum Gasteiger partial charge on any atom is 0.252 e. The van der Waals surface area contributed by atoms with Gasteiger partial charge in [-0.1, -0.05) is 38.5 Å². The predicted octanol–water partition coefficient (Wildman–Crippen LogP) is 6.69. The Balaban J connectivity index is 1.15. The van der Waals surface area contributed by atoms with E-state index >= 15 is 0 Å². The maximum atomic E-state index is 6.17. The average molecular weight is 500 g/mol. The van der Waals surface area contributed by atoms with Crippen molar-refractivity contribution < 1.29 is 0 Å². The van der Waals surface area contributed by atoms with Crippen molar-refractivity contribution >= 4 is 17.4 Å². The van der Waals surface area contributed by atoms with E-state index in [-0.39, 0.29) is 0 Å². The van der Waals surface area contributed by atoms with Gasteiger partial charge in [-0.3, -0.25) is 0 Å². The zero-order valence-corrected chi connectivity index (χ0v) is 23.1. The fourth-order valence-electron chi connectivity index (χ4n) is 7.65. The van der Waals surface area contributed by atoms with Gasteiger partial charge in [0, 0.05) is 29.9 Å². The molecule has 2 saturated carbocycles. The fraction of sp³-hybridized carbons (Fsp3) is 0.828. The Morgan fingerprint density at radius 1 is 0.800 bits per heavy atom. The van der Waals surface area contributed by atoms with Crippen LogP contribution in [0.1, 0.15) is 99.8 Å². The van der Waals surface area contributed by atoms with Gasteiger partial charge in [0.05, 0.1) is 0 Å². The summed E-state index contributed by atoms with van der Waals surface area (Å²) in [5.74, 6) is 5.88. The van der Waals surface area contributed by atoms with Crippen LogP contribution < -0.4 is 0 Å². The lowest BCUT2D eigenvalue weighted by molar-refractivity contribution is 0.199. The highest BCUT2D eigenvalue weighted by atomic mass is 35.5. The van der Waals surface area contributed by atoms with E-state index < -0.39 is 0 Å². The Morgan fingerprint density at radius 2 is 1.51 bits per heavy atom. The van der Waals surface area contributed by atoms with Gasteiger partial charge in [-0.2, -0.15) is 10.1 Å². The molecule has 194 valence electrons. The molecule has 3 atom stereocenters. The van der Waals surface area contributed by atoms with Crippen LogP contribution in [0.5, 0.6) is 0 Å². The minimum atomic E-state index is 0.732. The second-order valence-corrected chi connectivity index (χ2v) is 12.4. The number of nitrogens with zero attached hydrogens (tertiary/aromatic N) is 5. The normalized spacial score (nSPS) is 31.4. The topological polar surface area (TPSA) is 46.3 Å². The standard InChI is InChI=1S/C29H46ClN5/c1-20-28(21(2)35-29(31-20)32-22(3)33-35)17-24-15-16-34(19-24)27-12-6-11-26(13-14-27)25-9-4-7-23(18-30)8-5-10-25/h23-27H,4-19H2,1-3H3. The molecule has 2 aromatic heterocycles. The molecule has 2 aromatic rings. The largest absolute Gasteiger partial charge is 0.300 e. The van der Waals surface area contributed by atoms with Crippen molar-refractivity contribution in [1.82, 2.24) is 24.5 Å². The van der Waals surface area contributed by atoms with Gasteiger partial charge in [-0.25, -0.2) is 9.50 Å². The molecule has 0 bridgehead atoms. The maximum absolute atomic E-state index is 6.17. The summed E-state index contributed by atoms with van der Waals surface area (Å²) in [6.07, 6.45) is 18.1. The number of rotatable bonds is 5. The minimum Gasteiger partial charge on any atom is -0.300 e. The third kappa shape index (κ3) is 5.87. The Morgan fingerprint density at radius 3 is 2.26 bits per heavy atom. The lowest BCUT2D eigenvalue weighted by atomic mass is 9.77. The number of hydrogen-bond acceptors (Lipinski definition) is 4. The Hall–Kier alpha value is -1.20. The van der Waals surface area contributed by atoms with Crippen molar-refractivity contribution in [3.05, 3.63) is 22.8 Å². The number of fused-ring (bicyclic) bond motifs is 1. The molecule has 1 saturated heterocycles. The monoisotopic (exact) mass is 499 g/mol. The molecular formula is C29H46ClN5. The predicted molar refractivity (Wildman–Crippen MR) is 144 cm³/mol. The first-order valence-electron chi connectivity index (χ1n) is 14.5. The number of halogens is 1. The lowest BCUT2D eigenvalue weighted by Crippen LogP contribution is -2.33. The summed E-state index contributed by atoms with van der Waals surface area (Å²) in [7, 11) is 0. The van der Waals surface area contributed by atoms with Crippen LogP contribution in [0.2, 0.25) is 0 Å². The summed E-state index contributed by atoms with van der Waals surface area (Å²) in [6, 6.07) is 0.806. The quantitative estimate of drug-likeness (QED) is 0.339. The van der Waals surface area contributed by atoms with E-state index in [2.05, 4.69) is 28.8 Å². The third-order valence-corrected chi connectivity index (χ3v) is 10.2. The van der Waals surface area contributed by atoms with Crippen LogP contribution in [0, 0.1) is 44.4 Å². The van der Waals surface area contributed by atoms with Crippen LogP contribution in [-0.2, 0) is 6.42 Å². The third-order valence-electron chi connectivity index (χ3n) is 9.72. The number of hydrogen-bond donors (Lipinski definition) is 0. The molecular weight excluding hydrogens is 454 g/mol. The summed E-state index contributed by atoms with van der Waals surface area (Å²) in [6.45, 7) is 8.82. The summed E-state index contributed by atoms with van der Waals surface area (Å²) in [5.41, 5.74) is 3.74. The molecule has 3 fully saturated rings. The first-order valence-corrected chi connectivity index (χ1v) is 15.0. The fourth-order valence-corrected chi connectivity index (χ4v) is 7.96. The molecule has 0 N–H and O–H groups in total. The van der Waals surface area contributed by atoms with Gasteiger partial charge in [0.2, 0.25) is 0 Å². The summed E-state index contributed by atoms with van der Waals surface area (Å²) < 4.78 is 1.95. The van der Waals surface area contributed by atoms with Crippen LogP contribution in [0.3, 0.4) is 0 Å². The SMILES string of the molecule is Cc1nc2nc(C)c(CC3CCN(C4CCCC(C5CCCC(CCl)CCC5)CC4)C3)c(C)n2n1. The van der Waals surface area contributed by atoms with Crippen LogP contribution in [0.4, 0.5) is 0 Å². The van der Waals surface area contributed by atoms with Gasteiger partial charge in [-0.15, -0.1) is 11.6 Å². The van der Waals surface area contributed by atoms with Crippen molar-refractivity contribution in [3.8, 4) is 0 Å². The molecule has 2 aliphatic carbocycles. The van der Waals surface area contributed by atoms with Crippen molar-refractivity contribution in [3.63, 3.8) is 0 Å². The van der Waals surface area contributed by atoms with E-state index in [1.807, 2.05) is 11.4 Å². The first-order chi connectivity index (χ1) is 17.0. The number of aromatic nitrogens is 4. The summed E-state index contributed by atoms with van der Waals surface area (Å²) in [4.78, 5) is 12.1. The minimum absolute atomic E-state index is 0.732. The molecule has 3 heterocycles. The molecule has 1 aliphatic heterocycles. The second kappa shape index (κ2) is 11.5. The van der Waals surface area contributed by atoms with Crippen LogP contribution in [-0.4, -0.2) is 49.5 Å². The van der Waals surface area contributed by atoms with E-state index in [4.69, 9.17) is 16.6 Å². The molecule has 0 amide bonds. The Bertz CT molecular complexity index is 977. The van der Waals surface area contributed by atoms with Gasteiger partial charge >= 0.3 is 0 Å². The molecule has 5 nitrogen and oxygen atoms in total. The van der Waals surface area contributed by atoms with Crippen LogP contribution in [0.25, 0.3) is 5.78 Å². The molecule has 0 aromatic carbocycles.